The smallest absolute Gasteiger partial charge is 0.150 e. The van der Waals surface area contributed by atoms with E-state index in [0.717, 1.165) is 18.8 Å². The molecule has 1 aromatic heterocycles. The number of hydrogen-bond donors (Lipinski definition) is 1. The van der Waals surface area contributed by atoms with E-state index >= 15 is 0 Å². The zero-order valence-electron chi connectivity index (χ0n) is 12.2. The topological polar surface area (TPSA) is 42.2 Å². The summed E-state index contributed by atoms with van der Waals surface area (Å²) in [5, 5.41) is 1.02. The van der Waals surface area contributed by atoms with Crippen LogP contribution in [0.3, 0.4) is 0 Å². The quantitative estimate of drug-likeness (QED) is 0.851. The summed E-state index contributed by atoms with van der Waals surface area (Å²) in [6.45, 7) is 5.44. The van der Waals surface area contributed by atoms with E-state index in [9.17, 15) is 0 Å². The van der Waals surface area contributed by atoms with Gasteiger partial charge in [0.1, 0.15) is 11.6 Å². The molecular weight excluding hydrogens is 293 g/mol. The number of rotatable bonds is 5. The Morgan fingerprint density at radius 2 is 1.95 bits per heavy atom. The molecule has 1 heterocycles. The second kappa shape index (κ2) is 6.86. The summed E-state index contributed by atoms with van der Waals surface area (Å²) in [7, 11) is 0. The first kappa shape index (κ1) is 15.7. The number of hydrogen-bond acceptors (Lipinski definition) is 3. The van der Waals surface area contributed by atoms with Crippen LogP contribution in [-0.2, 0) is 0 Å². The minimum absolute atomic E-state index is 0.360. The molecule has 1 fully saturated rings. The molecule has 0 amide bonds. The largest absolute Gasteiger partial charge is 0.382 e. The fourth-order valence-electron chi connectivity index (χ4n) is 2.75. The van der Waals surface area contributed by atoms with Gasteiger partial charge in [-0.2, -0.15) is 0 Å². The maximum absolute atomic E-state index is 6.35. The highest BCUT2D eigenvalue weighted by Crippen LogP contribution is 2.35. The van der Waals surface area contributed by atoms with Crippen molar-refractivity contribution in [3.8, 4) is 0 Å². The van der Waals surface area contributed by atoms with Gasteiger partial charge in [-0.1, -0.05) is 49.9 Å². The molecule has 0 radical (unpaired) electrons. The van der Waals surface area contributed by atoms with Crippen molar-refractivity contribution in [2.45, 2.75) is 52.0 Å². The maximum atomic E-state index is 6.35. The number of pyridine rings is 1. The SMILES string of the molecule is CC(C)CCN(c1nc(N)c(Cl)cc1Cl)C1CCCC1. The van der Waals surface area contributed by atoms with Crippen molar-refractivity contribution in [3.63, 3.8) is 0 Å². The zero-order valence-corrected chi connectivity index (χ0v) is 13.7. The lowest BCUT2D eigenvalue weighted by molar-refractivity contribution is 0.525. The van der Waals surface area contributed by atoms with Crippen molar-refractivity contribution in [1.29, 1.82) is 0 Å². The van der Waals surface area contributed by atoms with E-state index in [-0.39, 0.29) is 0 Å². The predicted octanol–water partition coefficient (Wildman–Crippen LogP) is 4.77. The molecule has 1 aromatic rings. The van der Waals surface area contributed by atoms with Gasteiger partial charge in [0.25, 0.3) is 0 Å². The lowest BCUT2D eigenvalue weighted by Crippen LogP contribution is -2.35. The van der Waals surface area contributed by atoms with E-state index < -0.39 is 0 Å². The summed E-state index contributed by atoms with van der Waals surface area (Å²) in [6, 6.07) is 2.23. The fraction of sp³-hybridized carbons (Fsp3) is 0.667. The normalized spacial score (nSPS) is 16.1. The molecule has 0 bridgehead atoms. The van der Waals surface area contributed by atoms with Crippen molar-refractivity contribution >= 4 is 34.8 Å². The highest BCUT2D eigenvalue weighted by atomic mass is 35.5. The minimum Gasteiger partial charge on any atom is -0.382 e. The Hall–Kier alpha value is -0.670. The first-order valence-electron chi connectivity index (χ1n) is 7.37. The molecule has 1 saturated carbocycles. The van der Waals surface area contributed by atoms with Crippen LogP contribution in [0.1, 0.15) is 46.0 Å². The Labute approximate surface area is 131 Å². The Morgan fingerprint density at radius 3 is 2.55 bits per heavy atom. The molecule has 0 unspecified atom stereocenters. The number of halogens is 2. The number of nitrogens with zero attached hydrogens (tertiary/aromatic N) is 2. The van der Waals surface area contributed by atoms with E-state index in [1.165, 1.54) is 25.7 Å². The van der Waals surface area contributed by atoms with Crippen LogP contribution in [0, 0.1) is 5.92 Å². The van der Waals surface area contributed by atoms with Crippen molar-refractivity contribution in [1.82, 2.24) is 4.98 Å². The summed E-state index contributed by atoms with van der Waals surface area (Å²) >= 11 is 12.3. The first-order valence-corrected chi connectivity index (χ1v) is 8.12. The van der Waals surface area contributed by atoms with Crippen LogP contribution in [0.4, 0.5) is 11.6 Å². The lowest BCUT2D eigenvalue weighted by atomic mass is 10.1. The molecular formula is C15H23Cl2N3. The molecule has 5 heteroatoms. The number of nitrogen functional groups attached to an aromatic ring is 1. The summed E-state index contributed by atoms with van der Waals surface area (Å²) < 4.78 is 0. The van der Waals surface area contributed by atoms with Gasteiger partial charge in [0.2, 0.25) is 0 Å². The highest BCUT2D eigenvalue weighted by Gasteiger charge is 2.26. The van der Waals surface area contributed by atoms with Crippen LogP contribution in [0.15, 0.2) is 6.07 Å². The fourth-order valence-corrected chi connectivity index (χ4v) is 3.21. The van der Waals surface area contributed by atoms with E-state index in [0.29, 0.717) is 27.8 Å². The lowest BCUT2D eigenvalue weighted by Gasteiger charge is -2.31. The van der Waals surface area contributed by atoms with Gasteiger partial charge in [-0.15, -0.1) is 0 Å². The van der Waals surface area contributed by atoms with Crippen LogP contribution in [0.5, 0.6) is 0 Å². The molecule has 2 N–H and O–H groups in total. The molecule has 0 aromatic carbocycles. The summed E-state index contributed by atoms with van der Waals surface area (Å²) in [5.74, 6) is 1.81. The standard InChI is InChI=1S/C15H23Cl2N3/c1-10(2)7-8-20(11-5-3-4-6-11)15-13(17)9-12(16)14(18)19-15/h9-11H,3-8H2,1-2H3,(H2,18,19). The van der Waals surface area contributed by atoms with Gasteiger partial charge >= 0.3 is 0 Å². The van der Waals surface area contributed by atoms with Gasteiger partial charge < -0.3 is 10.6 Å². The molecule has 3 nitrogen and oxygen atoms in total. The molecule has 1 aliphatic carbocycles. The molecule has 0 saturated heterocycles. The maximum Gasteiger partial charge on any atom is 0.150 e. The second-order valence-corrected chi connectivity index (χ2v) is 6.79. The molecule has 20 heavy (non-hydrogen) atoms. The van der Waals surface area contributed by atoms with Gasteiger partial charge in [-0.05, 0) is 31.2 Å². The van der Waals surface area contributed by atoms with Crippen molar-refractivity contribution in [2.75, 3.05) is 17.2 Å². The molecule has 0 spiro atoms. The molecule has 1 aliphatic rings. The van der Waals surface area contributed by atoms with Crippen LogP contribution >= 0.6 is 23.2 Å². The van der Waals surface area contributed by atoms with Gasteiger partial charge in [0.05, 0.1) is 10.0 Å². The average Bonchev–Trinajstić information content (AvgIpc) is 2.89. The van der Waals surface area contributed by atoms with Gasteiger partial charge in [-0.25, -0.2) is 4.98 Å². The highest BCUT2D eigenvalue weighted by molar-refractivity contribution is 6.37. The molecule has 0 atom stereocenters. The monoisotopic (exact) mass is 315 g/mol. The van der Waals surface area contributed by atoms with Crippen LogP contribution < -0.4 is 10.6 Å². The van der Waals surface area contributed by atoms with Gasteiger partial charge in [0.15, 0.2) is 0 Å². The third kappa shape index (κ3) is 3.70. The third-order valence-corrected chi connectivity index (χ3v) is 4.50. The Balaban J connectivity index is 2.27. The average molecular weight is 316 g/mol. The van der Waals surface area contributed by atoms with Gasteiger partial charge in [0, 0.05) is 12.6 Å². The van der Waals surface area contributed by atoms with E-state index in [1.807, 2.05) is 0 Å². The molecule has 0 aliphatic heterocycles. The molecule has 112 valence electrons. The van der Waals surface area contributed by atoms with Crippen molar-refractivity contribution < 1.29 is 0 Å². The van der Waals surface area contributed by atoms with E-state index in [4.69, 9.17) is 28.9 Å². The summed E-state index contributed by atoms with van der Waals surface area (Å²) in [6.07, 6.45) is 6.10. The first-order chi connectivity index (χ1) is 9.49. The summed E-state index contributed by atoms with van der Waals surface area (Å²) in [4.78, 5) is 6.77. The Kier molecular flexibility index (Phi) is 5.39. The molecule has 2 rings (SSSR count). The second-order valence-electron chi connectivity index (χ2n) is 5.98. The Morgan fingerprint density at radius 1 is 1.30 bits per heavy atom. The minimum atomic E-state index is 0.360. The van der Waals surface area contributed by atoms with Gasteiger partial charge in [-0.3, -0.25) is 0 Å². The van der Waals surface area contributed by atoms with Crippen molar-refractivity contribution in [3.05, 3.63) is 16.1 Å². The van der Waals surface area contributed by atoms with Crippen LogP contribution in [0.25, 0.3) is 0 Å². The van der Waals surface area contributed by atoms with Crippen LogP contribution in [0.2, 0.25) is 10.0 Å². The number of nitrogens with two attached hydrogens (primary N) is 1. The van der Waals surface area contributed by atoms with E-state index in [2.05, 4.69) is 23.7 Å². The summed E-state index contributed by atoms with van der Waals surface area (Å²) in [5.41, 5.74) is 5.85. The number of anilines is 2. The Bertz CT molecular complexity index is 457. The third-order valence-electron chi connectivity index (χ3n) is 3.92. The van der Waals surface area contributed by atoms with Crippen LogP contribution in [-0.4, -0.2) is 17.6 Å². The predicted molar refractivity (Wildman–Crippen MR) is 87.7 cm³/mol. The zero-order chi connectivity index (χ0) is 14.7. The van der Waals surface area contributed by atoms with E-state index in [1.54, 1.807) is 6.07 Å². The van der Waals surface area contributed by atoms with Crippen molar-refractivity contribution in [2.24, 2.45) is 5.92 Å². The number of aromatic nitrogens is 1.